The summed E-state index contributed by atoms with van der Waals surface area (Å²) >= 11 is 3.19. The second-order valence-electron chi connectivity index (χ2n) is 3.44. The Bertz CT molecular complexity index is 304. The van der Waals surface area contributed by atoms with Crippen LogP contribution in [0.25, 0.3) is 0 Å². The van der Waals surface area contributed by atoms with E-state index >= 15 is 0 Å². The molecule has 0 radical (unpaired) electrons. The van der Waals surface area contributed by atoms with Gasteiger partial charge in [-0.2, -0.15) is 0 Å². The minimum atomic E-state index is -0.688. The molecule has 0 N–H and O–H groups in total. The average Bonchev–Trinajstić information content (AvgIpc) is 2.03. The molecule has 3 heteroatoms. The molecule has 0 aliphatic heterocycles. The molecule has 1 rings (SSSR count). The van der Waals surface area contributed by atoms with E-state index in [1.54, 1.807) is 0 Å². The van der Waals surface area contributed by atoms with Crippen molar-refractivity contribution in [1.82, 2.24) is 0 Å². The number of hydrogen-bond acceptors (Lipinski definition) is 0. The van der Waals surface area contributed by atoms with Crippen molar-refractivity contribution in [2.75, 3.05) is 20.0 Å². The van der Waals surface area contributed by atoms with Crippen LogP contribution in [-0.2, 0) is 0 Å². The fourth-order valence-corrected chi connectivity index (χ4v) is 8.02. The Morgan fingerprint density at radius 1 is 1.08 bits per heavy atom. The molecule has 1 aromatic carbocycles. The molecule has 0 amide bonds. The zero-order valence-electron chi connectivity index (χ0n) is 7.62. The third kappa shape index (κ3) is 2.85. The Kier molecular flexibility index (Phi) is 3.79. The van der Waals surface area contributed by atoms with Gasteiger partial charge in [0.1, 0.15) is 0 Å². The molecule has 0 aliphatic rings. The summed E-state index contributed by atoms with van der Waals surface area (Å²) in [6.07, 6.45) is 0. The van der Waals surface area contributed by atoms with Crippen molar-refractivity contribution in [2.45, 2.75) is 0 Å². The van der Waals surface area contributed by atoms with Crippen LogP contribution in [-0.4, -0.2) is 31.2 Å². The second-order valence-corrected chi connectivity index (χ2v) is 24.0. The molecular formula is C9H14BrPSe. The number of hydrogen-bond donors (Lipinski definition) is 0. The van der Waals surface area contributed by atoms with E-state index in [-0.39, 0.29) is 0 Å². The van der Waals surface area contributed by atoms with Crippen molar-refractivity contribution in [3.63, 3.8) is 0 Å². The molecule has 0 heterocycles. The van der Waals surface area contributed by atoms with Crippen molar-refractivity contribution < 1.29 is 0 Å². The minimum absolute atomic E-state index is 0.687. The first-order valence-corrected chi connectivity index (χ1v) is 14.0. The molecule has 0 saturated carbocycles. The Hall–Kier alpha value is 0.649. The van der Waals surface area contributed by atoms with Gasteiger partial charge in [0.2, 0.25) is 0 Å². The summed E-state index contributed by atoms with van der Waals surface area (Å²) in [5, 5.41) is 0. The van der Waals surface area contributed by atoms with Crippen LogP contribution in [0.15, 0.2) is 30.3 Å². The summed E-state index contributed by atoms with van der Waals surface area (Å²) < 4.78 is 1.53. The van der Waals surface area contributed by atoms with Gasteiger partial charge in [-0.05, 0) is 0 Å². The van der Waals surface area contributed by atoms with Crippen molar-refractivity contribution in [2.24, 2.45) is 0 Å². The zero-order valence-corrected chi connectivity index (χ0v) is 11.8. The van der Waals surface area contributed by atoms with Crippen molar-refractivity contribution in [3.05, 3.63) is 30.3 Å². The van der Waals surface area contributed by atoms with E-state index in [1.807, 2.05) is 0 Å². The molecule has 12 heavy (non-hydrogen) atoms. The van der Waals surface area contributed by atoms with Gasteiger partial charge in [-0.1, -0.05) is 0 Å². The third-order valence-corrected chi connectivity index (χ3v) is 26.4. The first-order chi connectivity index (χ1) is 5.52. The molecule has 0 bridgehead atoms. The maximum absolute atomic E-state index is 3.88. The van der Waals surface area contributed by atoms with Crippen LogP contribution in [0.4, 0.5) is 0 Å². The predicted octanol–water partition coefficient (Wildman–Crippen LogP) is 2.68. The SMILES string of the molecule is CP(C)(C)=[Se](Br)c1ccccc1. The second kappa shape index (κ2) is 4.24. The van der Waals surface area contributed by atoms with Gasteiger partial charge < -0.3 is 0 Å². The van der Waals surface area contributed by atoms with E-state index in [0.29, 0.717) is 0 Å². The summed E-state index contributed by atoms with van der Waals surface area (Å²) in [4.78, 5) is 0. The predicted molar refractivity (Wildman–Crippen MR) is 65.4 cm³/mol. The van der Waals surface area contributed by atoms with Crippen molar-refractivity contribution in [3.8, 4) is 0 Å². The first-order valence-electron chi connectivity index (χ1n) is 3.79. The van der Waals surface area contributed by atoms with E-state index in [1.165, 1.54) is 4.46 Å². The van der Waals surface area contributed by atoms with Crippen LogP contribution < -0.4 is 4.46 Å². The molecule has 1 unspecified atom stereocenters. The standard InChI is InChI=1S/C9H14BrPSe/c1-11(2,3)12(10)9-7-5-4-6-8-9/h4-8H,1-3H3. The molecule has 0 saturated heterocycles. The summed E-state index contributed by atoms with van der Waals surface area (Å²) in [6.45, 7) is 7.21. The van der Waals surface area contributed by atoms with Crippen molar-refractivity contribution in [1.29, 1.82) is 0 Å². The summed E-state index contributed by atoms with van der Waals surface area (Å²) in [5.41, 5.74) is -0.687. The first kappa shape index (κ1) is 10.7. The number of benzene rings is 1. The summed E-state index contributed by atoms with van der Waals surface area (Å²) in [5.74, 6) is 0. The number of halogens is 1. The topological polar surface area (TPSA) is 0 Å². The molecule has 0 nitrogen and oxygen atoms in total. The zero-order chi connectivity index (χ0) is 9.19. The van der Waals surface area contributed by atoms with Crippen molar-refractivity contribution >= 4 is 35.3 Å². The van der Waals surface area contributed by atoms with Gasteiger partial charge >= 0.3 is 85.6 Å². The molecule has 0 aliphatic carbocycles. The maximum atomic E-state index is 3.88. The van der Waals surface area contributed by atoms with Gasteiger partial charge in [0, 0.05) is 0 Å². The van der Waals surface area contributed by atoms with Crippen LogP contribution in [0.5, 0.6) is 0 Å². The van der Waals surface area contributed by atoms with Gasteiger partial charge in [-0.25, -0.2) is 0 Å². The van der Waals surface area contributed by atoms with Gasteiger partial charge in [0.05, 0.1) is 0 Å². The van der Waals surface area contributed by atoms with Gasteiger partial charge in [-0.15, -0.1) is 0 Å². The van der Waals surface area contributed by atoms with Crippen LogP contribution in [0.1, 0.15) is 0 Å². The molecule has 1 aromatic rings. The van der Waals surface area contributed by atoms with E-state index < -0.39 is 16.7 Å². The molecular weight excluding hydrogens is 298 g/mol. The fraction of sp³-hybridized carbons (Fsp3) is 0.333. The third-order valence-electron chi connectivity index (χ3n) is 1.42. The summed E-state index contributed by atoms with van der Waals surface area (Å²) in [6, 6.07) is 10.8. The molecule has 68 valence electrons. The molecule has 1 atom stereocenters. The monoisotopic (exact) mass is 312 g/mol. The molecule has 0 spiro atoms. The average molecular weight is 312 g/mol. The number of rotatable bonds is 1. The Balaban J connectivity index is 3.19. The quantitative estimate of drug-likeness (QED) is 0.552. The normalized spacial score (nSPS) is 14.3. The van der Waals surface area contributed by atoms with Gasteiger partial charge in [0.15, 0.2) is 0 Å². The van der Waals surface area contributed by atoms with E-state index in [2.05, 4.69) is 64.4 Å². The van der Waals surface area contributed by atoms with E-state index in [9.17, 15) is 0 Å². The summed E-state index contributed by atoms with van der Waals surface area (Å²) in [7, 11) is 0. The molecule has 0 fully saturated rings. The van der Waals surface area contributed by atoms with Crippen LogP contribution in [0.2, 0.25) is 0 Å². The van der Waals surface area contributed by atoms with E-state index in [4.69, 9.17) is 0 Å². The van der Waals surface area contributed by atoms with Gasteiger partial charge in [-0.3, -0.25) is 0 Å². The Morgan fingerprint density at radius 3 is 2.00 bits per heavy atom. The fourth-order valence-electron chi connectivity index (χ4n) is 0.849. The van der Waals surface area contributed by atoms with Crippen LogP contribution in [0, 0.1) is 0 Å². The van der Waals surface area contributed by atoms with E-state index in [0.717, 1.165) is 0 Å². The van der Waals surface area contributed by atoms with Crippen LogP contribution >= 0.6 is 19.6 Å². The van der Waals surface area contributed by atoms with Gasteiger partial charge in [0.25, 0.3) is 0 Å². The Morgan fingerprint density at radius 2 is 1.58 bits per heavy atom. The molecule has 0 aromatic heterocycles. The Labute approximate surface area is 85.4 Å². The van der Waals surface area contributed by atoms with Crippen LogP contribution in [0.3, 0.4) is 0 Å².